The molecule has 0 saturated heterocycles. The second-order valence-corrected chi connectivity index (χ2v) is 6.03. The Balaban J connectivity index is 1.86. The van der Waals surface area contributed by atoms with Gasteiger partial charge in [-0.3, -0.25) is 4.79 Å². The number of rotatable bonds is 5. The third-order valence-corrected chi connectivity index (χ3v) is 3.95. The molecule has 3 aromatic rings. The smallest absolute Gasteiger partial charge is 0.338 e. The van der Waals surface area contributed by atoms with Gasteiger partial charge in [0.25, 0.3) is 5.56 Å². The van der Waals surface area contributed by atoms with E-state index >= 15 is 0 Å². The van der Waals surface area contributed by atoms with Gasteiger partial charge in [-0.15, -0.1) is 0 Å². The summed E-state index contributed by atoms with van der Waals surface area (Å²) in [7, 11) is 1.21. The summed E-state index contributed by atoms with van der Waals surface area (Å²) in [6.45, 7) is 0. The van der Waals surface area contributed by atoms with Crippen molar-refractivity contribution in [3.8, 4) is 11.5 Å². The van der Waals surface area contributed by atoms with Crippen molar-refractivity contribution in [2.24, 2.45) is 0 Å². The molecule has 0 amide bonds. The van der Waals surface area contributed by atoms with Crippen LogP contribution < -0.4 is 10.3 Å². The number of nitrogens with zero attached hydrogens (tertiary/aromatic N) is 1. The molecule has 0 radical (unpaired) electrons. The second-order valence-electron chi connectivity index (χ2n) is 5.62. The van der Waals surface area contributed by atoms with Gasteiger partial charge in [0.05, 0.1) is 23.4 Å². The maximum Gasteiger partial charge on any atom is 0.338 e. The summed E-state index contributed by atoms with van der Waals surface area (Å²) in [6, 6.07) is 11.7. The van der Waals surface area contributed by atoms with Crippen LogP contribution in [0.1, 0.15) is 21.6 Å². The number of H-pyrrole nitrogens is 1. The molecule has 2 aromatic carbocycles. The van der Waals surface area contributed by atoms with Gasteiger partial charge in [-0.2, -0.15) is 5.10 Å². The highest BCUT2D eigenvalue weighted by atomic mass is 35.5. The normalized spacial score (nSPS) is 10.5. The third-order valence-electron chi connectivity index (χ3n) is 3.64. The quantitative estimate of drug-likeness (QED) is 0.673. The third kappa shape index (κ3) is 4.71. The Bertz CT molecular complexity index is 1030. The summed E-state index contributed by atoms with van der Waals surface area (Å²) in [5.74, 6) is -0.919. The number of esters is 1. The molecule has 1 aromatic heterocycles. The lowest BCUT2D eigenvalue weighted by atomic mass is 10.1. The molecule has 0 spiro atoms. The van der Waals surface area contributed by atoms with Crippen LogP contribution in [0.3, 0.4) is 0 Å². The summed E-state index contributed by atoms with van der Waals surface area (Å²) in [4.78, 5) is 22.7. The molecule has 27 heavy (non-hydrogen) atoms. The number of hydrogen-bond acceptors (Lipinski definition) is 5. The first-order valence-electron chi connectivity index (χ1n) is 7.84. The zero-order valence-corrected chi connectivity index (χ0v) is 14.9. The van der Waals surface area contributed by atoms with Crippen LogP contribution >= 0.6 is 11.6 Å². The lowest BCUT2D eigenvalue weighted by Gasteiger charge is -2.11. The van der Waals surface area contributed by atoms with Gasteiger partial charge in [-0.25, -0.2) is 14.3 Å². The second kappa shape index (κ2) is 8.01. The van der Waals surface area contributed by atoms with Crippen LogP contribution in [0.25, 0.3) is 0 Å². The zero-order chi connectivity index (χ0) is 19.4. The van der Waals surface area contributed by atoms with E-state index in [0.717, 1.165) is 17.7 Å². The van der Waals surface area contributed by atoms with Crippen LogP contribution in [0, 0.1) is 5.82 Å². The SMILES string of the molecule is COC(=O)c1cc(F)cc(Oc2cc(Cc3ccc(=O)[nH]n3)ccc2Cl)c1. The van der Waals surface area contributed by atoms with Crippen molar-refractivity contribution in [1.29, 1.82) is 0 Å². The largest absolute Gasteiger partial charge is 0.465 e. The average Bonchev–Trinajstić information content (AvgIpc) is 2.65. The van der Waals surface area contributed by atoms with E-state index in [0.29, 0.717) is 22.9 Å². The molecule has 0 unspecified atom stereocenters. The van der Waals surface area contributed by atoms with Crippen LogP contribution in [0.2, 0.25) is 5.02 Å². The number of hydrogen-bond donors (Lipinski definition) is 1. The van der Waals surface area contributed by atoms with Crippen LogP contribution in [-0.2, 0) is 11.2 Å². The predicted octanol–water partition coefficient (Wildman–Crippen LogP) is 3.73. The molecule has 0 fully saturated rings. The number of ether oxygens (including phenoxy) is 2. The van der Waals surface area contributed by atoms with Crippen LogP contribution in [0.4, 0.5) is 4.39 Å². The molecule has 0 bridgehead atoms. The minimum atomic E-state index is -0.677. The van der Waals surface area contributed by atoms with Crippen molar-refractivity contribution in [3.63, 3.8) is 0 Å². The topological polar surface area (TPSA) is 81.3 Å². The Morgan fingerprint density at radius 3 is 2.70 bits per heavy atom. The van der Waals surface area contributed by atoms with Gasteiger partial charge in [0.1, 0.15) is 17.3 Å². The van der Waals surface area contributed by atoms with Gasteiger partial charge in [0.2, 0.25) is 0 Å². The lowest BCUT2D eigenvalue weighted by molar-refractivity contribution is 0.0600. The Hall–Kier alpha value is -3.19. The van der Waals surface area contributed by atoms with E-state index in [1.807, 2.05) is 0 Å². The van der Waals surface area contributed by atoms with Gasteiger partial charge >= 0.3 is 5.97 Å². The summed E-state index contributed by atoms with van der Waals surface area (Å²) in [5, 5.41) is 6.63. The Morgan fingerprint density at radius 2 is 2.00 bits per heavy atom. The molecule has 0 aliphatic carbocycles. The van der Waals surface area contributed by atoms with Gasteiger partial charge in [-0.1, -0.05) is 17.7 Å². The first-order valence-corrected chi connectivity index (χ1v) is 8.22. The van der Waals surface area contributed by atoms with E-state index in [1.54, 1.807) is 24.3 Å². The molecule has 1 heterocycles. The van der Waals surface area contributed by atoms with Gasteiger partial charge in [0, 0.05) is 18.6 Å². The van der Waals surface area contributed by atoms with E-state index in [2.05, 4.69) is 14.9 Å². The molecule has 3 rings (SSSR count). The summed E-state index contributed by atoms with van der Waals surface area (Å²) in [6.07, 6.45) is 0.431. The number of carbonyl (C=O) groups excluding carboxylic acids is 1. The minimum absolute atomic E-state index is 0.0252. The predicted molar refractivity (Wildman–Crippen MR) is 96.9 cm³/mol. The molecule has 0 aliphatic rings. The maximum absolute atomic E-state index is 13.8. The van der Waals surface area contributed by atoms with E-state index in [9.17, 15) is 14.0 Å². The highest BCUT2D eigenvalue weighted by Crippen LogP contribution is 2.31. The first kappa shape index (κ1) is 18.6. The van der Waals surface area contributed by atoms with Crippen molar-refractivity contribution >= 4 is 17.6 Å². The number of benzene rings is 2. The molecular formula is C19H14ClFN2O4. The first-order chi connectivity index (χ1) is 12.9. The minimum Gasteiger partial charge on any atom is -0.465 e. The lowest BCUT2D eigenvalue weighted by Crippen LogP contribution is -2.07. The van der Waals surface area contributed by atoms with E-state index in [-0.39, 0.29) is 16.9 Å². The number of aromatic nitrogens is 2. The van der Waals surface area contributed by atoms with Crippen molar-refractivity contribution < 1.29 is 18.7 Å². The number of aromatic amines is 1. The number of carbonyl (C=O) groups is 1. The molecule has 1 N–H and O–H groups in total. The monoisotopic (exact) mass is 388 g/mol. The number of nitrogens with one attached hydrogen (secondary N) is 1. The van der Waals surface area contributed by atoms with Crippen molar-refractivity contribution in [2.45, 2.75) is 6.42 Å². The van der Waals surface area contributed by atoms with Gasteiger partial charge < -0.3 is 9.47 Å². The zero-order valence-electron chi connectivity index (χ0n) is 14.2. The van der Waals surface area contributed by atoms with E-state index in [1.165, 1.54) is 19.2 Å². The number of methoxy groups -OCH3 is 1. The van der Waals surface area contributed by atoms with Crippen molar-refractivity contribution in [3.05, 3.63) is 86.5 Å². The standard InChI is InChI=1S/C19H14ClFN2O4/c1-26-19(25)12-8-13(21)10-15(9-12)27-17-7-11(2-4-16(17)20)6-14-3-5-18(24)23-22-14/h2-5,7-10H,6H2,1H3,(H,23,24). The van der Waals surface area contributed by atoms with Gasteiger partial charge in [0.15, 0.2) is 0 Å². The van der Waals surface area contributed by atoms with Crippen LogP contribution in [-0.4, -0.2) is 23.3 Å². The highest BCUT2D eigenvalue weighted by molar-refractivity contribution is 6.32. The molecular weight excluding hydrogens is 375 g/mol. The highest BCUT2D eigenvalue weighted by Gasteiger charge is 2.12. The van der Waals surface area contributed by atoms with E-state index in [4.69, 9.17) is 16.3 Å². The van der Waals surface area contributed by atoms with Crippen molar-refractivity contribution in [1.82, 2.24) is 10.2 Å². The van der Waals surface area contributed by atoms with Crippen LogP contribution in [0.5, 0.6) is 11.5 Å². The number of halogens is 2. The summed E-state index contributed by atoms with van der Waals surface area (Å²) >= 11 is 6.17. The van der Waals surface area contributed by atoms with E-state index < -0.39 is 11.8 Å². The summed E-state index contributed by atoms with van der Waals surface area (Å²) < 4.78 is 24.0. The average molecular weight is 389 g/mol. The van der Waals surface area contributed by atoms with Crippen LogP contribution in [0.15, 0.2) is 53.3 Å². The molecule has 8 heteroatoms. The Labute approximate surface area is 158 Å². The van der Waals surface area contributed by atoms with Gasteiger partial charge in [-0.05, 0) is 35.9 Å². The summed E-state index contributed by atoms with van der Waals surface area (Å²) in [5.41, 5.74) is 1.21. The fourth-order valence-corrected chi connectivity index (χ4v) is 2.56. The molecule has 0 saturated carbocycles. The molecule has 0 aliphatic heterocycles. The molecule has 0 atom stereocenters. The molecule has 6 nitrogen and oxygen atoms in total. The maximum atomic E-state index is 13.8. The Morgan fingerprint density at radius 1 is 1.19 bits per heavy atom. The fraction of sp³-hybridized carbons (Fsp3) is 0.105. The van der Waals surface area contributed by atoms with Crippen molar-refractivity contribution in [2.75, 3.05) is 7.11 Å². The molecule has 138 valence electrons. The Kier molecular flexibility index (Phi) is 5.52. The fourth-order valence-electron chi connectivity index (χ4n) is 2.40.